The molecule has 4 N–H and O–H groups in total. The molecule has 1 saturated heterocycles. The van der Waals surface area contributed by atoms with Crippen molar-refractivity contribution in [1.29, 1.82) is 0 Å². The topological polar surface area (TPSA) is 108 Å². The monoisotopic (exact) mass is 396 g/mol. The van der Waals surface area contributed by atoms with Crippen molar-refractivity contribution in [3.8, 4) is 5.75 Å². The molecule has 1 aromatic heterocycles. The highest BCUT2D eigenvalue weighted by atomic mass is 16.6. The number of amides is 1. The number of nitrogens with zero attached hydrogens (tertiary/aromatic N) is 1. The molecule has 29 heavy (non-hydrogen) atoms. The average Bonchev–Trinajstić information content (AvgIpc) is 3.35. The Morgan fingerprint density at radius 3 is 2.90 bits per heavy atom. The molecule has 0 radical (unpaired) electrons. The van der Waals surface area contributed by atoms with Crippen molar-refractivity contribution < 1.29 is 19.4 Å². The number of benzene rings is 2. The number of hydrogen-bond acceptors (Lipinski definition) is 6. The van der Waals surface area contributed by atoms with Gasteiger partial charge in [-0.3, -0.25) is 5.10 Å². The van der Waals surface area contributed by atoms with Gasteiger partial charge in [0.15, 0.2) is 0 Å². The van der Waals surface area contributed by atoms with Gasteiger partial charge in [0.25, 0.3) is 0 Å². The highest BCUT2D eigenvalue weighted by Gasteiger charge is 2.37. The summed E-state index contributed by atoms with van der Waals surface area (Å²) in [6.07, 6.45) is 0.433. The second-order valence-electron chi connectivity index (χ2n) is 7.11. The van der Waals surface area contributed by atoms with E-state index in [0.29, 0.717) is 19.5 Å². The average molecular weight is 396 g/mol. The van der Waals surface area contributed by atoms with Gasteiger partial charge in [0.05, 0.1) is 24.9 Å². The molecule has 4 rings (SSSR count). The van der Waals surface area contributed by atoms with E-state index >= 15 is 0 Å². The number of β-amino-alcohol motifs (C(OH)–C–C–N with tert-alkyl or cyclic N) is 1. The van der Waals surface area contributed by atoms with Gasteiger partial charge in [-0.15, -0.1) is 0 Å². The van der Waals surface area contributed by atoms with Crippen molar-refractivity contribution in [1.82, 2.24) is 20.8 Å². The van der Waals surface area contributed by atoms with Gasteiger partial charge in [0, 0.05) is 18.5 Å². The van der Waals surface area contributed by atoms with Crippen molar-refractivity contribution in [2.24, 2.45) is 0 Å². The molecule has 0 aliphatic carbocycles. The van der Waals surface area contributed by atoms with E-state index in [1.54, 1.807) is 13.3 Å². The SMILES string of the molecule is COc1ccc(C[C@H]2NC[C@H](O)[C@H]2OC(=O)NCc2cccc3cn[nH]c23)cc1. The number of methoxy groups -OCH3 is 1. The summed E-state index contributed by atoms with van der Waals surface area (Å²) in [7, 11) is 1.62. The summed E-state index contributed by atoms with van der Waals surface area (Å²) in [5.41, 5.74) is 2.86. The van der Waals surface area contributed by atoms with E-state index in [1.807, 2.05) is 42.5 Å². The first-order valence-electron chi connectivity index (χ1n) is 9.54. The molecule has 1 aliphatic heterocycles. The molecule has 8 nitrogen and oxygen atoms in total. The van der Waals surface area contributed by atoms with E-state index in [1.165, 1.54) is 0 Å². The number of rotatable bonds is 6. The minimum absolute atomic E-state index is 0.166. The molecule has 0 spiro atoms. The molecule has 2 aromatic carbocycles. The molecule has 8 heteroatoms. The predicted molar refractivity (Wildman–Crippen MR) is 108 cm³/mol. The van der Waals surface area contributed by atoms with E-state index in [-0.39, 0.29) is 6.04 Å². The fraction of sp³-hybridized carbons (Fsp3) is 0.333. The van der Waals surface area contributed by atoms with Crippen LogP contribution < -0.4 is 15.4 Å². The number of para-hydroxylation sites is 1. The predicted octanol–water partition coefficient (Wildman–Crippen LogP) is 1.74. The number of alkyl carbamates (subject to hydrolysis) is 1. The number of carbonyl (C=O) groups excluding carboxylic acids is 1. The first-order chi connectivity index (χ1) is 14.1. The Morgan fingerprint density at radius 2 is 2.10 bits per heavy atom. The molecule has 1 fully saturated rings. The van der Waals surface area contributed by atoms with Gasteiger partial charge in [-0.05, 0) is 29.7 Å². The van der Waals surface area contributed by atoms with Crippen LogP contribution in [-0.2, 0) is 17.7 Å². The third-order valence-corrected chi connectivity index (χ3v) is 5.21. The summed E-state index contributed by atoms with van der Waals surface area (Å²) in [5, 5.41) is 24.2. The molecule has 1 aliphatic rings. The second kappa shape index (κ2) is 8.50. The summed E-state index contributed by atoms with van der Waals surface area (Å²) in [6.45, 7) is 0.685. The molecule has 0 bridgehead atoms. The normalized spacial score (nSPS) is 21.2. The fourth-order valence-electron chi connectivity index (χ4n) is 3.65. The van der Waals surface area contributed by atoms with Crippen molar-refractivity contribution in [3.05, 3.63) is 59.8 Å². The van der Waals surface area contributed by atoms with Crippen molar-refractivity contribution in [2.75, 3.05) is 13.7 Å². The summed E-state index contributed by atoms with van der Waals surface area (Å²) < 4.78 is 10.7. The van der Waals surface area contributed by atoms with Crippen LogP contribution in [0.4, 0.5) is 4.79 Å². The first kappa shape index (κ1) is 19.2. The largest absolute Gasteiger partial charge is 0.497 e. The number of aromatic nitrogens is 2. The molecule has 1 amide bonds. The summed E-state index contributed by atoms with van der Waals surface area (Å²) in [4.78, 5) is 12.4. The number of fused-ring (bicyclic) bond motifs is 1. The standard InChI is InChI=1S/C21H24N4O4/c1-28-16-7-5-13(6-8-16)9-17-20(18(26)12-22-17)29-21(27)23-10-14-3-2-4-15-11-24-25-19(14)15/h2-8,11,17-18,20,22,26H,9-10,12H2,1H3,(H,23,27)(H,24,25)/t17-,18+,20+/m1/s1. The third-order valence-electron chi connectivity index (χ3n) is 5.21. The van der Waals surface area contributed by atoms with Crippen LogP contribution in [-0.4, -0.2) is 53.3 Å². The quantitative estimate of drug-likeness (QED) is 0.506. The van der Waals surface area contributed by atoms with Gasteiger partial charge in [-0.2, -0.15) is 5.10 Å². The minimum atomic E-state index is -0.750. The highest BCUT2D eigenvalue weighted by Crippen LogP contribution is 2.20. The zero-order chi connectivity index (χ0) is 20.2. The lowest BCUT2D eigenvalue weighted by atomic mass is 10.0. The van der Waals surface area contributed by atoms with Crippen LogP contribution in [0.2, 0.25) is 0 Å². The van der Waals surface area contributed by atoms with Gasteiger partial charge < -0.3 is 25.2 Å². The number of aliphatic hydroxyl groups is 1. The Morgan fingerprint density at radius 1 is 1.28 bits per heavy atom. The number of ether oxygens (including phenoxy) is 2. The zero-order valence-electron chi connectivity index (χ0n) is 16.1. The summed E-state index contributed by atoms with van der Waals surface area (Å²) in [5.74, 6) is 0.785. The lowest BCUT2D eigenvalue weighted by Crippen LogP contribution is -2.41. The van der Waals surface area contributed by atoms with Gasteiger partial charge in [0.2, 0.25) is 0 Å². The van der Waals surface area contributed by atoms with Crippen LogP contribution in [0.1, 0.15) is 11.1 Å². The van der Waals surface area contributed by atoms with Crippen molar-refractivity contribution in [3.63, 3.8) is 0 Å². The van der Waals surface area contributed by atoms with E-state index < -0.39 is 18.3 Å². The Kier molecular flexibility index (Phi) is 5.64. The molecule has 152 valence electrons. The maximum atomic E-state index is 12.4. The van der Waals surface area contributed by atoms with Crippen LogP contribution in [0.3, 0.4) is 0 Å². The summed E-state index contributed by atoms with van der Waals surface area (Å²) in [6, 6.07) is 13.3. The zero-order valence-corrected chi connectivity index (χ0v) is 16.1. The third kappa shape index (κ3) is 4.33. The second-order valence-corrected chi connectivity index (χ2v) is 7.11. The van der Waals surface area contributed by atoms with Crippen LogP contribution in [0.5, 0.6) is 5.75 Å². The van der Waals surface area contributed by atoms with Gasteiger partial charge in [-0.1, -0.05) is 30.3 Å². The van der Waals surface area contributed by atoms with Crippen LogP contribution in [0.25, 0.3) is 10.9 Å². The number of nitrogens with one attached hydrogen (secondary N) is 3. The highest BCUT2D eigenvalue weighted by molar-refractivity contribution is 5.81. The number of aliphatic hydroxyl groups excluding tert-OH is 1. The number of aromatic amines is 1. The lowest BCUT2D eigenvalue weighted by molar-refractivity contribution is 0.0188. The number of hydrogen-bond donors (Lipinski definition) is 4. The van der Waals surface area contributed by atoms with E-state index in [4.69, 9.17) is 9.47 Å². The minimum Gasteiger partial charge on any atom is -0.497 e. The van der Waals surface area contributed by atoms with Crippen LogP contribution in [0.15, 0.2) is 48.7 Å². The van der Waals surface area contributed by atoms with Crippen LogP contribution in [0, 0.1) is 0 Å². The Balaban J connectivity index is 1.35. The molecule has 2 heterocycles. The first-order valence-corrected chi connectivity index (χ1v) is 9.54. The maximum Gasteiger partial charge on any atom is 0.407 e. The van der Waals surface area contributed by atoms with E-state index in [0.717, 1.165) is 27.8 Å². The molecule has 3 atom stereocenters. The summed E-state index contributed by atoms with van der Waals surface area (Å²) >= 11 is 0. The molecule has 3 aromatic rings. The van der Waals surface area contributed by atoms with Crippen molar-refractivity contribution >= 4 is 17.0 Å². The Bertz CT molecular complexity index is 972. The van der Waals surface area contributed by atoms with Gasteiger partial charge in [-0.25, -0.2) is 4.79 Å². The lowest BCUT2D eigenvalue weighted by Gasteiger charge is -2.22. The molecular weight excluding hydrogens is 372 g/mol. The van der Waals surface area contributed by atoms with E-state index in [2.05, 4.69) is 20.8 Å². The number of carbonyl (C=O) groups is 1. The molecule has 0 saturated carbocycles. The van der Waals surface area contributed by atoms with Gasteiger partial charge in [0.1, 0.15) is 18.0 Å². The van der Waals surface area contributed by atoms with Crippen molar-refractivity contribution in [2.45, 2.75) is 31.2 Å². The van der Waals surface area contributed by atoms with Crippen LogP contribution >= 0.6 is 0 Å². The molecular formula is C21H24N4O4. The Labute approximate surface area is 168 Å². The Hall–Kier alpha value is -3.10. The molecule has 0 unspecified atom stereocenters. The smallest absolute Gasteiger partial charge is 0.407 e. The maximum absolute atomic E-state index is 12.4. The van der Waals surface area contributed by atoms with Gasteiger partial charge >= 0.3 is 6.09 Å². The fourth-order valence-corrected chi connectivity index (χ4v) is 3.65. The van der Waals surface area contributed by atoms with E-state index in [9.17, 15) is 9.90 Å². The number of H-pyrrole nitrogens is 1.